The molecule has 1 aliphatic heterocycles. The van der Waals surface area contributed by atoms with Gasteiger partial charge < -0.3 is 9.64 Å². The van der Waals surface area contributed by atoms with E-state index in [-0.39, 0.29) is 11.5 Å². The lowest BCUT2D eigenvalue weighted by molar-refractivity contribution is 0.0900. The Labute approximate surface area is 273 Å². The van der Waals surface area contributed by atoms with Gasteiger partial charge in [-0.25, -0.2) is 4.57 Å². The van der Waals surface area contributed by atoms with Gasteiger partial charge >= 0.3 is 0 Å². The number of hydrogen-bond acceptors (Lipinski definition) is 6. The number of carbonyl (C=O) groups excluding carboxylic acids is 1. The van der Waals surface area contributed by atoms with Crippen LogP contribution in [0.3, 0.4) is 0 Å². The SMILES string of the molecule is CCCCCCCCCCCCC(=O)n1c(=O)ccc2ccc(OCCCCN3CCN(c4cccc5sccc45)CC3)cc21. The summed E-state index contributed by atoms with van der Waals surface area (Å²) in [6.45, 7) is 8.22. The Morgan fingerprint density at radius 1 is 0.800 bits per heavy atom. The Balaban J connectivity index is 1.02. The van der Waals surface area contributed by atoms with Gasteiger partial charge in [-0.3, -0.25) is 14.5 Å². The van der Waals surface area contributed by atoms with Crippen LogP contribution in [0.15, 0.2) is 64.8 Å². The van der Waals surface area contributed by atoms with Crippen LogP contribution in [-0.2, 0) is 0 Å². The second-order valence-electron chi connectivity index (χ2n) is 12.5. The smallest absolute Gasteiger partial charge is 0.257 e. The Morgan fingerprint density at radius 2 is 1.53 bits per heavy atom. The summed E-state index contributed by atoms with van der Waals surface area (Å²) in [5.74, 6) is 0.597. The second-order valence-corrected chi connectivity index (χ2v) is 13.5. The van der Waals surface area contributed by atoms with Crippen LogP contribution in [0.5, 0.6) is 5.75 Å². The Hall–Kier alpha value is -3.16. The van der Waals surface area contributed by atoms with Crippen LogP contribution in [0.1, 0.15) is 95.2 Å². The van der Waals surface area contributed by atoms with Crippen molar-refractivity contribution >= 4 is 43.9 Å². The zero-order valence-electron chi connectivity index (χ0n) is 27.2. The van der Waals surface area contributed by atoms with Crippen molar-refractivity contribution in [1.29, 1.82) is 0 Å². The third-order valence-electron chi connectivity index (χ3n) is 9.19. The number of nitrogens with zero attached hydrogens (tertiary/aromatic N) is 3. The van der Waals surface area contributed by atoms with E-state index in [1.165, 1.54) is 71.4 Å². The van der Waals surface area contributed by atoms with E-state index in [2.05, 4.69) is 46.4 Å². The highest BCUT2D eigenvalue weighted by Crippen LogP contribution is 2.31. The van der Waals surface area contributed by atoms with Crippen molar-refractivity contribution in [2.75, 3.05) is 44.2 Å². The molecule has 0 spiro atoms. The predicted molar refractivity (Wildman–Crippen MR) is 191 cm³/mol. The Kier molecular flexibility index (Phi) is 12.9. The number of aromatic nitrogens is 1. The molecular formula is C38H51N3O3S. The zero-order valence-corrected chi connectivity index (χ0v) is 28.0. The van der Waals surface area contributed by atoms with Crippen molar-refractivity contribution in [3.63, 3.8) is 0 Å². The van der Waals surface area contributed by atoms with Gasteiger partial charge in [-0.05, 0) is 73.0 Å². The molecule has 0 unspecified atom stereocenters. The number of rotatable bonds is 18. The molecule has 1 fully saturated rings. The van der Waals surface area contributed by atoms with Crippen LogP contribution in [0.2, 0.25) is 0 Å². The molecule has 1 aliphatic rings. The molecule has 0 atom stereocenters. The van der Waals surface area contributed by atoms with Crippen LogP contribution in [0, 0.1) is 0 Å². The van der Waals surface area contributed by atoms with Gasteiger partial charge in [0.1, 0.15) is 5.75 Å². The molecule has 0 bridgehead atoms. The Bertz CT molecular complexity index is 1550. The lowest BCUT2D eigenvalue weighted by Gasteiger charge is -2.36. The van der Waals surface area contributed by atoms with Crippen molar-refractivity contribution in [2.24, 2.45) is 0 Å². The standard InChI is InChI=1S/C38H51N3O3S/c1-2-3-4-5-6-7-8-9-10-11-17-37(42)41-35-30-32(20-18-31(35)19-21-38(41)43)44-28-13-12-23-39-24-26-40(27-25-39)34-15-14-16-36-33(34)22-29-45-36/h14-16,18-22,29-30H,2-13,17,23-28H2,1H3. The molecule has 3 heterocycles. The maximum absolute atomic E-state index is 13.1. The van der Waals surface area contributed by atoms with Crippen molar-refractivity contribution < 1.29 is 9.53 Å². The van der Waals surface area contributed by atoms with E-state index < -0.39 is 0 Å². The van der Waals surface area contributed by atoms with Gasteiger partial charge in [0.25, 0.3) is 5.56 Å². The summed E-state index contributed by atoms with van der Waals surface area (Å²) in [7, 11) is 0. The van der Waals surface area contributed by atoms with E-state index in [0.29, 0.717) is 24.3 Å². The summed E-state index contributed by atoms with van der Waals surface area (Å²) in [6.07, 6.45) is 14.6. The number of hydrogen-bond donors (Lipinski definition) is 0. The number of unbranched alkanes of at least 4 members (excludes halogenated alkanes) is 10. The first-order valence-corrected chi connectivity index (χ1v) is 18.3. The highest BCUT2D eigenvalue weighted by atomic mass is 32.1. The van der Waals surface area contributed by atoms with Gasteiger partial charge in [0.05, 0.1) is 12.1 Å². The van der Waals surface area contributed by atoms with Crippen LogP contribution in [0.25, 0.3) is 21.0 Å². The lowest BCUT2D eigenvalue weighted by Crippen LogP contribution is -2.46. The number of pyridine rings is 1. The zero-order chi connectivity index (χ0) is 31.3. The average molecular weight is 630 g/mol. The fourth-order valence-electron chi connectivity index (χ4n) is 6.53. The largest absolute Gasteiger partial charge is 0.494 e. The van der Waals surface area contributed by atoms with Crippen LogP contribution in [0.4, 0.5) is 5.69 Å². The van der Waals surface area contributed by atoms with E-state index in [0.717, 1.165) is 70.2 Å². The lowest BCUT2D eigenvalue weighted by atomic mass is 10.1. The first-order valence-electron chi connectivity index (χ1n) is 17.4. The molecule has 0 saturated carbocycles. The molecule has 0 radical (unpaired) electrons. The van der Waals surface area contributed by atoms with E-state index >= 15 is 0 Å². The van der Waals surface area contributed by atoms with Gasteiger partial charge in [0.2, 0.25) is 5.91 Å². The van der Waals surface area contributed by atoms with Gasteiger partial charge in [-0.15, -0.1) is 11.3 Å². The van der Waals surface area contributed by atoms with Crippen molar-refractivity contribution in [1.82, 2.24) is 9.47 Å². The van der Waals surface area contributed by atoms with Gasteiger partial charge in [0, 0.05) is 60.5 Å². The molecule has 1 saturated heterocycles. The van der Waals surface area contributed by atoms with Crippen LogP contribution < -0.4 is 15.2 Å². The molecule has 2 aromatic carbocycles. The average Bonchev–Trinajstić information content (AvgIpc) is 3.55. The normalized spacial score (nSPS) is 14.0. The molecule has 6 nitrogen and oxygen atoms in total. The minimum absolute atomic E-state index is 0.116. The fraction of sp³-hybridized carbons (Fsp3) is 0.526. The molecule has 45 heavy (non-hydrogen) atoms. The van der Waals surface area contributed by atoms with Crippen molar-refractivity contribution in [3.05, 3.63) is 70.3 Å². The number of piperazine rings is 1. The first kappa shape index (κ1) is 33.2. The maximum Gasteiger partial charge on any atom is 0.257 e. The molecule has 242 valence electrons. The quantitative estimate of drug-likeness (QED) is 0.103. The summed E-state index contributed by atoms with van der Waals surface area (Å²) in [6, 6.07) is 17.9. The van der Waals surface area contributed by atoms with Crippen LogP contribution in [-0.4, -0.2) is 54.7 Å². The summed E-state index contributed by atoms with van der Waals surface area (Å²) < 4.78 is 8.82. The van der Waals surface area contributed by atoms with Gasteiger partial charge in [-0.2, -0.15) is 0 Å². The number of thiophene rings is 1. The molecule has 0 aliphatic carbocycles. The topological polar surface area (TPSA) is 54.8 Å². The molecule has 2 aromatic heterocycles. The van der Waals surface area contributed by atoms with Crippen molar-refractivity contribution in [2.45, 2.75) is 90.4 Å². The van der Waals surface area contributed by atoms with E-state index in [4.69, 9.17) is 4.74 Å². The van der Waals surface area contributed by atoms with Gasteiger partial charge in [-0.1, -0.05) is 70.8 Å². The number of anilines is 1. The minimum atomic E-state index is -0.260. The summed E-state index contributed by atoms with van der Waals surface area (Å²) in [4.78, 5) is 31.0. The number of benzene rings is 2. The Morgan fingerprint density at radius 3 is 2.31 bits per heavy atom. The third kappa shape index (κ3) is 9.43. The predicted octanol–water partition coefficient (Wildman–Crippen LogP) is 9.15. The number of fused-ring (bicyclic) bond motifs is 2. The highest BCUT2D eigenvalue weighted by molar-refractivity contribution is 7.17. The minimum Gasteiger partial charge on any atom is -0.494 e. The molecule has 7 heteroatoms. The maximum atomic E-state index is 13.1. The third-order valence-corrected chi connectivity index (χ3v) is 10.1. The first-order chi connectivity index (χ1) is 22.1. The molecular weight excluding hydrogens is 579 g/mol. The van der Waals surface area contributed by atoms with E-state index in [9.17, 15) is 9.59 Å². The highest BCUT2D eigenvalue weighted by Gasteiger charge is 2.18. The van der Waals surface area contributed by atoms with E-state index in [1.54, 1.807) is 6.07 Å². The fourth-order valence-corrected chi connectivity index (χ4v) is 7.34. The molecule has 0 amide bonds. The summed E-state index contributed by atoms with van der Waals surface area (Å²) >= 11 is 1.81. The van der Waals surface area contributed by atoms with Crippen LogP contribution >= 0.6 is 11.3 Å². The molecule has 0 N–H and O–H groups in total. The second kappa shape index (κ2) is 17.5. The summed E-state index contributed by atoms with van der Waals surface area (Å²) in [5, 5.41) is 4.44. The number of carbonyl (C=O) groups is 1. The monoisotopic (exact) mass is 629 g/mol. The van der Waals surface area contributed by atoms with Gasteiger partial charge in [0.15, 0.2) is 0 Å². The number of ether oxygens (including phenoxy) is 1. The summed E-state index contributed by atoms with van der Waals surface area (Å²) in [5.41, 5.74) is 1.75. The molecule has 5 rings (SSSR count). The molecule has 4 aromatic rings. The van der Waals surface area contributed by atoms with E-state index in [1.807, 2.05) is 29.5 Å². The van der Waals surface area contributed by atoms with Crippen molar-refractivity contribution in [3.8, 4) is 5.75 Å².